The van der Waals surface area contributed by atoms with Gasteiger partial charge in [-0.3, -0.25) is 4.79 Å². The van der Waals surface area contributed by atoms with Gasteiger partial charge in [0.05, 0.1) is 24.1 Å². The Labute approximate surface area is 156 Å². The van der Waals surface area contributed by atoms with Gasteiger partial charge in [-0.15, -0.1) is 11.3 Å². The Hall–Kier alpha value is -1.90. The number of hydrogen-bond acceptors (Lipinski definition) is 6. The molecule has 0 fully saturated rings. The average molecular weight is 422 g/mol. The van der Waals surface area contributed by atoms with E-state index < -0.39 is 0 Å². The zero-order valence-electron chi connectivity index (χ0n) is 13.7. The van der Waals surface area contributed by atoms with Crippen LogP contribution in [-0.2, 0) is 13.0 Å². The van der Waals surface area contributed by atoms with Gasteiger partial charge in [-0.05, 0) is 46.6 Å². The minimum Gasteiger partial charge on any atom is -0.493 e. The van der Waals surface area contributed by atoms with Crippen molar-refractivity contribution in [2.45, 2.75) is 13.0 Å². The molecule has 0 unspecified atom stereocenters. The minimum atomic E-state index is -0.0923. The molecule has 2 N–H and O–H groups in total. The van der Waals surface area contributed by atoms with Gasteiger partial charge in [-0.1, -0.05) is 0 Å². The number of methoxy groups -OCH3 is 2. The summed E-state index contributed by atoms with van der Waals surface area (Å²) in [5, 5.41) is 4.06. The van der Waals surface area contributed by atoms with E-state index in [1.807, 2.05) is 12.1 Å². The predicted molar refractivity (Wildman–Crippen MR) is 102 cm³/mol. The average Bonchev–Trinajstić information content (AvgIpc) is 2.99. The number of halogens is 1. The molecule has 8 heteroatoms. The molecule has 6 nitrogen and oxygen atoms in total. The third-order valence-corrected chi connectivity index (χ3v) is 6.00. The number of nitrogens with zero attached hydrogens (tertiary/aromatic N) is 1. The molecule has 4 rings (SSSR count). The van der Waals surface area contributed by atoms with Gasteiger partial charge in [0.25, 0.3) is 5.56 Å². The van der Waals surface area contributed by atoms with E-state index in [1.165, 1.54) is 4.88 Å². The van der Waals surface area contributed by atoms with Gasteiger partial charge < -0.3 is 19.8 Å². The Kier molecular flexibility index (Phi) is 4.26. The lowest BCUT2D eigenvalue weighted by atomic mass is 10.1. The first-order valence-electron chi connectivity index (χ1n) is 7.79. The number of hydrogen-bond donors (Lipinski definition) is 2. The summed E-state index contributed by atoms with van der Waals surface area (Å²) in [6, 6.07) is 3.67. The van der Waals surface area contributed by atoms with E-state index in [2.05, 4.69) is 26.2 Å². The highest BCUT2D eigenvalue weighted by molar-refractivity contribution is 9.10. The topological polar surface area (TPSA) is 76.2 Å². The Morgan fingerprint density at radius 2 is 2.12 bits per heavy atom. The second-order valence-electron chi connectivity index (χ2n) is 5.72. The smallest absolute Gasteiger partial charge is 0.260 e. The number of thiophene rings is 1. The van der Waals surface area contributed by atoms with Crippen LogP contribution in [0.2, 0.25) is 0 Å². The maximum atomic E-state index is 12.7. The van der Waals surface area contributed by atoms with E-state index in [0.717, 1.165) is 45.3 Å². The lowest BCUT2D eigenvalue weighted by molar-refractivity contribution is 0.353. The van der Waals surface area contributed by atoms with Crippen molar-refractivity contribution in [3.63, 3.8) is 0 Å². The molecule has 0 atom stereocenters. The normalized spacial score (nSPS) is 13.7. The monoisotopic (exact) mass is 421 g/mol. The van der Waals surface area contributed by atoms with Crippen LogP contribution in [-0.4, -0.2) is 30.7 Å². The van der Waals surface area contributed by atoms with Crippen molar-refractivity contribution < 1.29 is 9.47 Å². The van der Waals surface area contributed by atoms with E-state index in [9.17, 15) is 4.79 Å². The Bertz CT molecular complexity index is 1030. The first-order valence-corrected chi connectivity index (χ1v) is 9.40. The fraction of sp³-hybridized carbons (Fsp3) is 0.294. The molecule has 25 heavy (non-hydrogen) atoms. The quantitative estimate of drug-likeness (QED) is 0.679. The molecule has 0 amide bonds. The lowest BCUT2D eigenvalue weighted by Crippen LogP contribution is -2.23. The van der Waals surface area contributed by atoms with Gasteiger partial charge in [0.15, 0.2) is 11.5 Å². The van der Waals surface area contributed by atoms with Gasteiger partial charge in [0.2, 0.25) is 0 Å². The number of H-pyrrole nitrogens is 1. The summed E-state index contributed by atoms with van der Waals surface area (Å²) in [7, 11) is 3.16. The van der Waals surface area contributed by atoms with Crippen molar-refractivity contribution in [3.8, 4) is 22.9 Å². The van der Waals surface area contributed by atoms with Crippen LogP contribution in [0.15, 0.2) is 21.4 Å². The number of rotatable bonds is 3. The van der Waals surface area contributed by atoms with Crippen molar-refractivity contribution in [3.05, 3.63) is 37.4 Å². The largest absolute Gasteiger partial charge is 0.493 e. The fourth-order valence-electron chi connectivity index (χ4n) is 3.12. The maximum Gasteiger partial charge on any atom is 0.260 e. The molecule has 1 aliphatic rings. The molecule has 0 saturated heterocycles. The van der Waals surface area contributed by atoms with E-state index in [0.29, 0.717) is 17.3 Å². The number of benzene rings is 1. The lowest BCUT2D eigenvalue weighted by Gasteiger charge is -2.12. The maximum absolute atomic E-state index is 12.7. The van der Waals surface area contributed by atoms with E-state index in [4.69, 9.17) is 14.5 Å². The number of aromatic amines is 1. The van der Waals surface area contributed by atoms with Crippen molar-refractivity contribution in [1.29, 1.82) is 0 Å². The zero-order valence-corrected chi connectivity index (χ0v) is 16.1. The van der Waals surface area contributed by atoms with Crippen LogP contribution in [0.25, 0.3) is 21.6 Å². The minimum absolute atomic E-state index is 0.0923. The van der Waals surface area contributed by atoms with E-state index >= 15 is 0 Å². The number of ether oxygens (including phenoxy) is 2. The van der Waals surface area contributed by atoms with Crippen LogP contribution in [0.5, 0.6) is 11.5 Å². The molecule has 0 saturated carbocycles. The third-order valence-electron chi connectivity index (χ3n) is 4.29. The van der Waals surface area contributed by atoms with Crippen LogP contribution in [0, 0.1) is 0 Å². The van der Waals surface area contributed by atoms with Gasteiger partial charge in [-0.25, -0.2) is 4.98 Å². The summed E-state index contributed by atoms with van der Waals surface area (Å²) in [5.74, 6) is 1.70. The van der Waals surface area contributed by atoms with Crippen molar-refractivity contribution >= 4 is 37.5 Å². The molecule has 0 bridgehead atoms. The van der Waals surface area contributed by atoms with Gasteiger partial charge in [-0.2, -0.15) is 0 Å². The van der Waals surface area contributed by atoms with Crippen LogP contribution in [0.3, 0.4) is 0 Å². The standard InChI is InChI=1S/C17H16BrN3O3S/c1-23-11-6-8(5-10(18)14(11)24-2)15-20-16(22)13-9-3-4-19-7-12(9)25-17(13)21-15/h5-6,19H,3-4,7H2,1-2H3,(H,20,21,22). The Morgan fingerprint density at radius 1 is 1.28 bits per heavy atom. The summed E-state index contributed by atoms with van der Waals surface area (Å²) in [5.41, 5.74) is 1.80. The molecular formula is C17H16BrN3O3S. The first-order chi connectivity index (χ1) is 12.1. The number of fused-ring (bicyclic) bond motifs is 3. The molecule has 1 aromatic carbocycles. The molecule has 130 valence electrons. The van der Waals surface area contributed by atoms with Crippen molar-refractivity contribution in [1.82, 2.24) is 15.3 Å². The highest BCUT2D eigenvalue weighted by atomic mass is 79.9. The molecule has 3 aromatic rings. The van der Waals surface area contributed by atoms with Gasteiger partial charge in [0, 0.05) is 17.0 Å². The van der Waals surface area contributed by atoms with Crippen molar-refractivity contribution in [2.24, 2.45) is 0 Å². The Balaban J connectivity index is 1.91. The van der Waals surface area contributed by atoms with Gasteiger partial charge in [0.1, 0.15) is 10.7 Å². The van der Waals surface area contributed by atoms with Crippen LogP contribution in [0.4, 0.5) is 0 Å². The van der Waals surface area contributed by atoms with E-state index in [1.54, 1.807) is 25.6 Å². The SMILES string of the molecule is COc1cc(-c2nc3sc4c(c3c(=O)[nH]2)CCNC4)cc(Br)c1OC. The predicted octanol–water partition coefficient (Wildman–Crippen LogP) is 3.08. The van der Waals surface area contributed by atoms with Gasteiger partial charge >= 0.3 is 0 Å². The number of aromatic nitrogens is 2. The zero-order chi connectivity index (χ0) is 17.6. The second-order valence-corrected chi connectivity index (χ2v) is 7.66. The van der Waals surface area contributed by atoms with E-state index in [-0.39, 0.29) is 5.56 Å². The third kappa shape index (κ3) is 2.74. The summed E-state index contributed by atoms with van der Waals surface area (Å²) in [4.78, 5) is 22.3. The summed E-state index contributed by atoms with van der Waals surface area (Å²) in [6.07, 6.45) is 0.862. The molecule has 0 radical (unpaired) electrons. The molecule has 3 heterocycles. The second kappa shape index (κ2) is 6.44. The molecular weight excluding hydrogens is 406 g/mol. The summed E-state index contributed by atoms with van der Waals surface area (Å²) < 4.78 is 11.5. The highest BCUT2D eigenvalue weighted by Crippen LogP contribution is 2.39. The summed E-state index contributed by atoms with van der Waals surface area (Å²) >= 11 is 5.06. The van der Waals surface area contributed by atoms with Crippen LogP contribution < -0.4 is 20.3 Å². The number of nitrogens with one attached hydrogen (secondary N) is 2. The van der Waals surface area contributed by atoms with Crippen LogP contribution >= 0.6 is 27.3 Å². The first kappa shape index (κ1) is 16.6. The molecule has 0 spiro atoms. The highest BCUT2D eigenvalue weighted by Gasteiger charge is 2.20. The summed E-state index contributed by atoms with van der Waals surface area (Å²) in [6.45, 7) is 1.69. The van der Waals surface area contributed by atoms with Crippen LogP contribution in [0.1, 0.15) is 10.4 Å². The molecule has 2 aromatic heterocycles. The fourth-order valence-corrected chi connectivity index (χ4v) is 4.92. The Morgan fingerprint density at radius 3 is 2.88 bits per heavy atom. The molecule has 0 aliphatic carbocycles. The van der Waals surface area contributed by atoms with Crippen molar-refractivity contribution in [2.75, 3.05) is 20.8 Å². The molecule has 1 aliphatic heterocycles.